The normalized spacial score (nSPS) is 45.6. The van der Waals surface area contributed by atoms with Crippen LogP contribution in [-0.2, 0) is 19.0 Å². The van der Waals surface area contributed by atoms with Gasteiger partial charge in [-0.3, -0.25) is 4.79 Å². The molecule has 6 heteroatoms. The van der Waals surface area contributed by atoms with Gasteiger partial charge in [0.25, 0.3) is 0 Å². The SMILES string of the molecule is C=C1C(O)CC(C(C)C)C2C1C1CC(C)(O)C(OC)CCC(C)(OC(=O)CCC)C2O1. The van der Waals surface area contributed by atoms with Crippen molar-refractivity contribution in [3.8, 4) is 0 Å². The third-order valence-corrected chi connectivity index (χ3v) is 8.09. The maximum absolute atomic E-state index is 12.6. The fourth-order valence-corrected chi connectivity index (χ4v) is 6.41. The Morgan fingerprint density at radius 2 is 2.03 bits per heavy atom. The molecule has 9 atom stereocenters. The Kier molecular flexibility index (Phi) is 7.27. The van der Waals surface area contributed by atoms with Crippen molar-refractivity contribution in [3.05, 3.63) is 12.2 Å². The minimum atomic E-state index is -1.10. The number of hydrogen-bond donors (Lipinski definition) is 2. The molecule has 0 aromatic rings. The molecule has 2 aliphatic heterocycles. The van der Waals surface area contributed by atoms with Gasteiger partial charge >= 0.3 is 5.97 Å². The molecule has 0 aromatic heterocycles. The van der Waals surface area contributed by atoms with Gasteiger partial charge < -0.3 is 24.4 Å². The Hall–Kier alpha value is -0.950. The summed E-state index contributed by atoms with van der Waals surface area (Å²) in [6.45, 7) is 14.3. The summed E-state index contributed by atoms with van der Waals surface area (Å²) in [5.41, 5.74) is -1.16. The second-order valence-corrected chi connectivity index (χ2v) is 10.8. The van der Waals surface area contributed by atoms with Crippen LogP contribution >= 0.6 is 0 Å². The van der Waals surface area contributed by atoms with Crippen molar-refractivity contribution in [2.24, 2.45) is 23.7 Å². The topological polar surface area (TPSA) is 85.2 Å². The van der Waals surface area contributed by atoms with Gasteiger partial charge in [0.05, 0.1) is 23.9 Å². The van der Waals surface area contributed by atoms with Crippen LogP contribution in [0.4, 0.5) is 0 Å². The molecule has 3 rings (SSSR count). The summed E-state index contributed by atoms with van der Waals surface area (Å²) in [5.74, 6) is 0.324. The van der Waals surface area contributed by atoms with Crippen LogP contribution in [-0.4, -0.2) is 58.9 Å². The molecule has 2 saturated heterocycles. The van der Waals surface area contributed by atoms with E-state index in [0.717, 1.165) is 12.0 Å². The van der Waals surface area contributed by atoms with Crippen LogP contribution in [0, 0.1) is 23.7 Å². The van der Waals surface area contributed by atoms with Crippen molar-refractivity contribution in [2.45, 2.75) is 109 Å². The number of esters is 1. The van der Waals surface area contributed by atoms with E-state index in [2.05, 4.69) is 20.4 Å². The number of aliphatic hydroxyl groups is 2. The highest BCUT2D eigenvalue weighted by Gasteiger charge is 2.61. The van der Waals surface area contributed by atoms with Gasteiger partial charge in [0.15, 0.2) is 0 Å². The Bertz CT molecular complexity index is 673. The summed E-state index contributed by atoms with van der Waals surface area (Å²) in [5, 5.41) is 22.1. The van der Waals surface area contributed by atoms with Crippen LogP contribution < -0.4 is 0 Å². The molecule has 1 aliphatic carbocycles. The van der Waals surface area contributed by atoms with E-state index in [1.807, 2.05) is 13.8 Å². The second-order valence-electron chi connectivity index (χ2n) is 10.8. The number of aliphatic hydroxyl groups excluding tert-OH is 1. The Morgan fingerprint density at radius 1 is 1.35 bits per heavy atom. The molecule has 9 unspecified atom stereocenters. The first-order valence-electron chi connectivity index (χ1n) is 11.9. The van der Waals surface area contributed by atoms with E-state index in [4.69, 9.17) is 14.2 Å². The first-order valence-corrected chi connectivity index (χ1v) is 11.9. The number of methoxy groups -OCH3 is 1. The van der Waals surface area contributed by atoms with E-state index >= 15 is 0 Å². The summed E-state index contributed by atoms with van der Waals surface area (Å²) in [6.07, 6.45) is 1.61. The largest absolute Gasteiger partial charge is 0.457 e. The quantitative estimate of drug-likeness (QED) is 0.504. The van der Waals surface area contributed by atoms with Crippen LogP contribution in [0.15, 0.2) is 12.2 Å². The van der Waals surface area contributed by atoms with Crippen molar-refractivity contribution in [3.63, 3.8) is 0 Å². The number of ether oxygens (including phenoxy) is 3. The minimum absolute atomic E-state index is 0.0789. The van der Waals surface area contributed by atoms with Crippen molar-refractivity contribution in [1.82, 2.24) is 0 Å². The zero-order chi connectivity index (χ0) is 23.1. The molecule has 3 fully saturated rings. The third kappa shape index (κ3) is 4.59. The lowest BCUT2D eigenvalue weighted by Crippen LogP contribution is -2.53. The zero-order valence-corrected chi connectivity index (χ0v) is 20.1. The van der Waals surface area contributed by atoms with Crippen molar-refractivity contribution in [2.75, 3.05) is 7.11 Å². The maximum atomic E-state index is 12.6. The molecule has 0 amide bonds. The number of hydrogen-bond acceptors (Lipinski definition) is 6. The van der Waals surface area contributed by atoms with Crippen molar-refractivity contribution >= 4 is 5.97 Å². The van der Waals surface area contributed by atoms with Gasteiger partial charge in [-0.1, -0.05) is 27.4 Å². The Morgan fingerprint density at radius 3 is 2.61 bits per heavy atom. The molecular formula is C25H42O6. The molecule has 1 saturated carbocycles. The smallest absolute Gasteiger partial charge is 0.306 e. The van der Waals surface area contributed by atoms with E-state index in [-0.39, 0.29) is 35.9 Å². The predicted octanol–water partition coefficient (Wildman–Crippen LogP) is 3.63. The van der Waals surface area contributed by atoms with Crippen LogP contribution in [0.25, 0.3) is 0 Å². The number of carbonyl (C=O) groups is 1. The predicted molar refractivity (Wildman–Crippen MR) is 118 cm³/mol. The number of rotatable bonds is 5. The van der Waals surface area contributed by atoms with E-state index in [1.165, 1.54) is 0 Å². The van der Waals surface area contributed by atoms with Crippen LogP contribution in [0.3, 0.4) is 0 Å². The molecule has 0 spiro atoms. The van der Waals surface area contributed by atoms with Gasteiger partial charge in [-0.25, -0.2) is 0 Å². The standard InChI is InChI=1S/C25H42O6/c1-8-9-20(27)31-25(6)11-10-19(29-7)24(5,28)13-18-21-15(4)17(26)12-16(14(2)3)22(21)23(25)30-18/h14,16-19,21-23,26,28H,4,8-13H2,1-3,5-7H3. The van der Waals surface area contributed by atoms with Crippen molar-refractivity contribution < 1.29 is 29.2 Å². The van der Waals surface area contributed by atoms with E-state index in [9.17, 15) is 15.0 Å². The summed E-state index contributed by atoms with van der Waals surface area (Å²) in [4.78, 5) is 12.6. The minimum Gasteiger partial charge on any atom is -0.457 e. The zero-order valence-electron chi connectivity index (χ0n) is 20.1. The fraction of sp³-hybridized carbons (Fsp3) is 0.880. The molecule has 2 N–H and O–H groups in total. The summed E-state index contributed by atoms with van der Waals surface area (Å²) < 4.78 is 18.5. The average Bonchev–Trinajstić information content (AvgIpc) is 3.04. The van der Waals surface area contributed by atoms with Gasteiger partial charge in [0.2, 0.25) is 0 Å². The highest BCUT2D eigenvalue weighted by Crippen LogP contribution is 2.56. The molecule has 31 heavy (non-hydrogen) atoms. The summed E-state index contributed by atoms with van der Waals surface area (Å²) in [6, 6.07) is 0. The molecule has 0 radical (unpaired) electrons. The number of carbonyl (C=O) groups excluding carboxylic acids is 1. The maximum Gasteiger partial charge on any atom is 0.306 e. The van der Waals surface area contributed by atoms with Gasteiger partial charge in [-0.2, -0.15) is 0 Å². The molecule has 2 heterocycles. The highest BCUT2D eigenvalue weighted by atomic mass is 16.6. The lowest BCUT2D eigenvalue weighted by Gasteiger charge is -2.47. The molecule has 0 aromatic carbocycles. The van der Waals surface area contributed by atoms with E-state index in [1.54, 1.807) is 14.0 Å². The van der Waals surface area contributed by atoms with Crippen LogP contribution in [0.5, 0.6) is 0 Å². The van der Waals surface area contributed by atoms with Crippen LogP contribution in [0.2, 0.25) is 0 Å². The average molecular weight is 439 g/mol. The van der Waals surface area contributed by atoms with Gasteiger partial charge in [-0.15, -0.1) is 0 Å². The highest BCUT2D eigenvalue weighted by molar-refractivity contribution is 5.69. The lowest BCUT2D eigenvalue weighted by atomic mass is 9.60. The third-order valence-electron chi connectivity index (χ3n) is 8.09. The molecule has 6 nitrogen and oxygen atoms in total. The van der Waals surface area contributed by atoms with Gasteiger partial charge in [-0.05, 0) is 56.9 Å². The first kappa shape index (κ1) is 24.7. The van der Waals surface area contributed by atoms with Crippen LogP contribution in [0.1, 0.15) is 73.1 Å². The summed E-state index contributed by atoms with van der Waals surface area (Å²) >= 11 is 0. The Labute approximate surface area is 187 Å². The van der Waals surface area contributed by atoms with Crippen molar-refractivity contribution in [1.29, 1.82) is 0 Å². The summed E-state index contributed by atoms with van der Waals surface area (Å²) in [7, 11) is 1.61. The number of fused-ring (bicyclic) bond motifs is 5. The monoisotopic (exact) mass is 438 g/mol. The van der Waals surface area contributed by atoms with Gasteiger partial charge in [0.1, 0.15) is 11.7 Å². The fourth-order valence-electron chi connectivity index (χ4n) is 6.41. The molecule has 2 bridgehead atoms. The lowest BCUT2D eigenvalue weighted by molar-refractivity contribution is -0.182. The first-order chi connectivity index (χ1) is 14.4. The van der Waals surface area contributed by atoms with E-state index in [0.29, 0.717) is 38.0 Å². The molecular weight excluding hydrogens is 396 g/mol. The molecule has 3 aliphatic rings. The van der Waals surface area contributed by atoms with Gasteiger partial charge in [0, 0.05) is 31.8 Å². The molecule has 178 valence electrons. The second kappa shape index (κ2) is 9.12. The van der Waals surface area contributed by atoms with E-state index < -0.39 is 23.4 Å². The Balaban J connectivity index is 2.08.